The zero-order valence-electron chi connectivity index (χ0n) is 13.8. The first-order chi connectivity index (χ1) is 12.0. The van der Waals surface area contributed by atoms with Gasteiger partial charge < -0.3 is 14.2 Å². The Bertz CT molecular complexity index is 809. The number of hydrogen-bond donors (Lipinski definition) is 1. The Labute approximate surface area is 155 Å². The SMILES string of the molecule is COc1ccc(/C=N/NC(=O)c2ccc(Cl)c(Cl)c2)c(OC)c1OC. The molecule has 0 radical (unpaired) electrons. The molecule has 2 aromatic carbocycles. The molecular formula is C17H16Cl2N2O4. The summed E-state index contributed by atoms with van der Waals surface area (Å²) < 4.78 is 15.8. The van der Waals surface area contributed by atoms with Crippen LogP contribution >= 0.6 is 23.2 Å². The van der Waals surface area contributed by atoms with Crippen molar-refractivity contribution in [2.75, 3.05) is 21.3 Å². The Kier molecular flexibility index (Phi) is 6.50. The van der Waals surface area contributed by atoms with Gasteiger partial charge in [0.25, 0.3) is 5.91 Å². The van der Waals surface area contributed by atoms with Gasteiger partial charge in [0.05, 0.1) is 37.6 Å². The van der Waals surface area contributed by atoms with Gasteiger partial charge in [0.1, 0.15) is 0 Å². The minimum absolute atomic E-state index is 0.292. The van der Waals surface area contributed by atoms with Crippen molar-refractivity contribution in [2.45, 2.75) is 0 Å². The number of hydrazone groups is 1. The number of amides is 1. The van der Waals surface area contributed by atoms with E-state index in [1.807, 2.05) is 0 Å². The van der Waals surface area contributed by atoms with E-state index < -0.39 is 5.91 Å². The molecule has 0 saturated heterocycles. The van der Waals surface area contributed by atoms with Gasteiger partial charge in [-0.3, -0.25) is 4.79 Å². The van der Waals surface area contributed by atoms with E-state index in [0.717, 1.165) is 0 Å². The summed E-state index contributed by atoms with van der Waals surface area (Å²) in [6.07, 6.45) is 1.44. The summed E-state index contributed by atoms with van der Waals surface area (Å²) in [7, 11) is 4.54. The Morgan fingerprint density at radius 3 is 2.32 bits per heavy atom. The molecule has 6 nitrogen and oxygen atoms in total. The van der Waals surface area contributed by atoms with Crippen LogP contribution in [0.3, 0.4) is 0 Å². The summed E-state index contributed by atoms with van der Waals surface area (Å²) in [5, 5.41) is 4.60. The number of methoxy groups -OCH3 is 3. The number of benzene rings is 2. The number of nitrogens with one attached hydrogen (secondary N) is 1. The van der Waals surface area contributed by atoms with E-state index >= 15 is 0 Å². The lowest BCUT2D eigenvalue weighted by molar-refractivity contribution is 0.0955. The van der Waals surface area contributed by atoms with Gasteiger partial charge in [0.15, 0.2) is 11.5 Å². The number of carbonyl (C=O) groups is 1. The largest absolute Gasteiger partial charge is 0.493 e. The normalized spacial score (nSPS) is 10.6. The van der Waals surface area contributed by atoms with Crippen LogP contribution in [0.5, 0.6) is 17.2 Å². The van der Waals surface area contributed by atoms with Crippen LogP contribution in [-0.2, 0) is 0 Å². The number of hydrogen-bond acceptors (Lipinski definition) is 5. The highest BCUT2D eigenvalue weighted by atomic mass is 35.5. The van der Waals surface area contributed by atoms with Crippen LogP contribution in [-0.4, -0.2) is 33.5 Å². The Hall–Kier alpha value is -2.44. The summed E-state index contributed by atoms with van der Waals surface area (Å²) in [6.45, 7) is 0. The standard InChI is InChI=1S/C17H16Cl2N2O4/c1-23-14-7-5-11(15(24-2)16(14)25-3)9-20-21-17(22)10-4-6-12(18)13(19)8-10/h4-9H,1-3H3,(H,21,22)/b20-9+. The third-order valence-corrected chi connectivity index (χ3v) is 4.03. The fraction of sp³-hybridized carbons (Fsp3) is 0.176. The maximum Gasteiger partial charge on any atom is 0.271 e. The molecule has 1 amide bonds. The quantitative estimate of drug-likeness (QED) is 0.609. The molecule has 0 bridgehead atoms. The molecule has 0 aliphatic heterocycles. The monoisotopic (exact) mass is 382 g/mol. The van der Waals surface area contributed by atoms with Gasteiger partial charge in [-0.25, -0.2) is 5.43 Å². The van der Waals surface area contributed by atoms with Crippen molar-refractivity contribution >= 4 is 35.3 Å². The van der Waals surface area contributed by atoms with Crippen molar-refractivity contribution in [3.8, 4) is 17.2 Å². The number of ether oxygens (including phenoxy) is 3. The fourth-order valence-electron chi connectivity index (χ4n) is 2.09. The fourth-order valence-corrected chi connectivity index (χ4v) is 2.39. The van der Waals surface area contributed by atoms with Crippen molar-refractivity contribution in [2.24, 2.45) is 5.10 Å². The molecule has 0 aromatic heterocycles. The molecule has 0 aliphatic rings. The summed E-state index contributed by atoms with van der Waals surface area (Å²) in [6, 6.07) is 8.00. The molecule has 2 rings (SSSR count). The van der Waals surface area contributed by atoms with Crippen molar-refractivity contribution in [3.63, 3.8) is 0 Å². The average Bonchev–Trinajstić information content (AvgIpc) is 2.62. The number of halogens is 2. The van der Waals surface area contributed by atoms with Gasteiger partial charge in [-0.1, -0.05) is 23.2 Å². The Morgan fingerprint density at radius 2 is 1.72 bits per heavy atom. The van der Waals surface area contributed by atoms with E-state index in [0.29, 0.717) is 38.4 Å². The molecule has 132 valence electrons. The van der Waals surface area contributed by atoms with Crippen molar-refractivity contribution in [1.29, 1.82) is 0 Å². The van der Waals surface area contributed by atoms with Crippen LogP contribution in [0.2, 0.25) is 10.0 Å². The van der Waals surface area contributed by atoms with Crippen molar-refractivity contribution in [1.82, 2.24) is 5.43 Å². The number of carbonyl (C=O) groups excluding carboxylic acids is 1. The van der Waals surface area contributed by atoms with Gasteiger partial charge in [0, 0.05) is 11.1 Å². The minimum Gasteiger partial charge on any atom is -0.493 e. The number of nitrogens with zero attached hydrogens (tertiary/aromatic N) is 1. The van der Waals surface area contributed by atoms with Crippen LogP contribution in [0.1, 0.15) is 15.9 Å². The summed E-state index contributed by atoms with van der Waals surface area (Å²) in [5.74, 6) is 0.977. The molecule has 0 atom stereocenters. The highest BCUT2D eigenvalue weighted by Gasteiger charge is 2.14. The summed E-state index contributed by atoms with van der Waals surface area (Å²) in [4.78, 5) is 12.1. The van der Waals surface area contributed by atoms with Crippen LogP contribution in [0.15, 0.2) is 35.4 Å². The third-order valence-electron chi connectivity index (χ3n) is 3.29. The van der Waals surface area contributed by atoms with Crippen LogP contribution < -0.4 is 19.6 Å². The summed E-state index contributed by atoms with van der Waals surface area (Å²) >= 11 is 11.7. The van der Waals surface area contributed by atoms with Crippen LogP contribution in [0, 0.1) is 0 Å². The molecule has 0 spiro atoms. The predicted molar refractivity (Wildman–Crippen MR) is 97.6 cm³/mol. The first-order valence-corrected chi connectivity index (χ1v) is 7.84. The Balaban J connectivity index is 2.19. The van der Waals surface area contributed by atoms with Gasteiger partial charge >= 0.3 is 0 Å². The van der Waals surface area contributed by atoms with Gasteiger partial charge in [-0.15, -0.1) is 0 Å². The van der Waals surface area contributed by atoms with E-state index in [9.17, 15) is 4.79 Å². The van der Waals surface area contributed by atoms with E-state index in [-0.39, 0.29) is 0 Å². The third kappa shape index (κ3) is 4.35. The average molecular weight is 383 g/mol. The van der Waals surface area contributed by atoms with Crippen molar-refractivity contribution < 1.29 is 19.0 Å². The van der Waals surface area contributed by atoms with E-state index in [4.69, 9.17) is 37.4 Å². The molecule has 25 heavy (non-hydrogen) atoms. The second kappa shape index (κ2) is 8.60. The first-order valence-electron chi connectivity index (χ1n) is 7.09. The lowest BCUT2D eigenvalue weighted by atomic mass is 10.2. The molecule has 0 fully saturated rings. The molecule has 2 aromatic rings. The van der Waals surface area contributed by atoms with Gasteiger partial charge in [0.2, 0.25) is 5.75 Å². The molecule has 0 aliphatic carbocycles. The van der Waals surface area contributed by atoms with Crippen molar-refractivity contribution in [3.05, 3.63) is 51.5 Å². The highest BCUT2D eigenvalue weighted by Crippen LogP contribution is 2.38. The van der Waals surface area contributed by atoms with E-state index in [2.05, 4.69) is 10.5 Å². The zero-order valence-corrected chi connectivity index (χ0v) is 15.3. The molecule has 1 N–H and O–H groups in total. The predicted octanol–water partition coefficient (Wildman–Crippen LogP) is 3.78. The second-order valence-electron chi connectivity index (χ2n) is 4.75. The first kappa shape index (κ1) is 18.9. The molecule has 0 unspecified atom stereocenters. The molecule has 0 saturated carbocycles. The van der Waals surface area contributed by atoms with Crippen LogP contribution in [0.4, 0.5) is 0 Å². The molecule has 8 heteroatoms. The maximum absolute atomic E-state index is 12.1. The second-order valence-corrected chi connectivity index (χ2v) is 5.57. The van der Waals surface area contributed by atoms with Gasteiger partial charge in [-0.05, 0) is 30.3 Å². The van der Waals surface area contributed by atoms with Gasteiger partial charge in [-0.2, -0.15) is 5.10 Å². The van der Waals surface area contributed by atoms with E-state index in [1.54, 1.807) is 24.3 Å². The molecular weight excluding hydrogens is 367 g/mol. The zero-order chi connectivity index (χ0) is 18.4. The number of rotatable bonds is 6. The highest BCUT2D eigenvalue weighted by molar-refractivity contribution is 6.42. The smallest absolute Gasteiger partial charge is 0.271 e. The summed E-state index contributed by atoms with van der Waals surface area (Å²) in [5.41, 5.74) is 3.36. The minimum atomic E-state index is -0.422. The molecule has 0 heterocycles. The lowest BCUT2D eigenvalue weighted by Crippen LogP contribution is -2.17. The van der Waals surface area contributed by atoms with Crippen LogP contribution in [0.25, 0.3) is 0 Å². The van der Waals surface area contributed by atoms with E-state index in [1.165, 1.54) is 33.6 Å². The topological polar surface area (TPSA) is 69.2 Å². The maximum atomic E-state index is 12.1. The lowest BCUT2D eigenvalue weighted by Gasteiger charge is -2.13. The Morgan fingerprint density at radius 1 is 1.00 bits per heavy atom.